The third-order valence-electron chi connectivity index (χ3n) is 5.69. The fourth-order valence-corrected chi connectivity index (χ4v) is 5.27. The molecule has 6 heteroatoms. The van der Waals surface area contributed by atoms with Gasteiger partial charge in [-0.25, -0.2) is 4.79 Å². The van der Waals surface area contributed by atoms with Crippen molar-refractivity contribution in [2.45, 2.75) is 77.0 Å². The first-order chi connectivity index (χ1) is 11.1. The van der Waals surface area contributed by atoms with Crippen LogP contribution in [0, 0.1) is 11.3 Å². The minimum atomic E-state index is -0.429. The number of nitrogens with zero attached hydrogens (tertiary/aromatic N) is 1. The van der Waals surface area contributed by atoms with Crippen LogP contribution in [-0.4, -0.2) is 52.3 Å². The summed E-state index contributed by atoms with van der Waals surface area (Å²) in [5.74, 6) is 0.968. The molecular weight excluding hydrogens is 326 g/mol. The number of ether oxygens (including phenoxy) is 2. The summed E-state index contributed by atoms with van der Waals surface area (Å²) in [4.78, 5) is 26.4. The number of thioether (sulfide) groups is 1. The summed E-state index contributed by atoms with van der Waals surface area (Å²) < 4.78 is 11.7. The molecule has 1 saturated carbocycles. The second kappa shape index (κ2) is 6.20. The molecule has 1 amide bonds. The van der Waals surface area contributed by atoms with Crippen LogP contribution in [0.25, 0.3) is 0 Å². The fraction of sp³-hybridized carbons (Fsp3) is 0.889. The zero-order chi connectivity index (χ0) is 17.7. The third kappa shape index (κ3) is 2.96. The molecule has 4 atom stereocenters. The quantitative estimate of drug-likeness (QED) is 0.710. The van der Waals surface area contributed by atoms with Gasteiger partial charge in [0.15, 0.2) is 0 Å². The lowest BCUT2D eigenvalue weighted by molar-refractivity contribution is -0.208. The van der Waals surface area contributed by atoms with Crippen LogP contribution in [0.1, 0.15) is 53.9 Å². The van der Waals surface area contributed by atoms with Crippen LogP contribution in [0.2, 0.25) is 0 Å². The topological polar surface area (TPSA) is 55.8 Å². The van der Waals surface area contributed by atoms with E-state index in [4.69, 9.17) is 9.47 Å². The fourth-order valence-electron chi connectivity index (χ4n) is 3.85. The maximum absolute atomic E-state index is 12.7. The standard InChI is InChI=1S/C18H29NO4S/c1-11(2)9-22-13-8-14(17(13,3)4)23-16(21)12-10-24-18(5)7-6-15(20)19(12)18/h11-14H,6-10H2,1-5H3/t12-,13-,14+,18+/m1/s1. The van der Waals surface area contributed by atoms with Crippen molar-refractivity contribution in [3.8, 4) is 0 Å². The van der Waals surface area contributed by atoms with Crippen molar-refractivity contribution >= 4 is 23.6 Å². The highest BCUT2D eigenvalue weighted by atomic mass is 32.2. The van der Waals surface area contributed by atoms with Crippen LogP contribution < -0.4 is 0 Å². The zero-order valence-electron chi connectivity index (χ0n) is 15.3. The molecule has 0 N–H and O–H groups in total. The highest BCUT2D eigenvalue weighted by molar-refractivity contribution is 8.01. The number of rotatable bonds is 5. The monoisotopic (exact) mass is 355 g/mol. The average Bonchev–Trinajstić information content (AvgIpc) is 2.98. The number of esters is 1. The summed E-state index contributed by atoms with van der Waals surface area (Å²) in [5, 5.41) is 0. The maximum atomic E-state index is 12.7. The van der Waals surface area contributed by atoms with Gasteiger partial charge in [-0.15, -0.1) is 11.8 Å². The largest absolute Gasteiger partial charge is 0.460 e. The van der Waals surface area contributed by atoms with Crippen molar-refractivity contribution in [2.75, 3.05) is 12.4 Å². The van der Waals surface area contributed by atoms with E-state index in [0.29, 0.717) is 18.1 Å². The molecule has 0 spiro atoms. The van der Waals surface area contributed by atoms with Gasteiger partial charge in [-0.05, 0) is 19.3 Å². The van der Waals surface area contributed by atoms with E-state index in [1.165, 1.54) is 0 Å². The normalized spacial score (nSPS) is 37.5. The Morgan fingerprint density at radius 1 is 1.33 bits per heavy atom. The number of carbonyl (C=O) groups is 2. The van der Waals surface area contributed by atoms with Crippen molar-refractivity contribution in [1.29, 1.82) is 0 Å². The van der Waals surface area contributed by atoms with E-state index in [-0.39, 0.29) is 34.4 Å². The number of carbonyl (C=O) groups excluding carboxylic acids is 2. The van der Waals surface area contributed by atoms with E-state index in [0.717, 1.165) is 19.4 Å². The Kier molecular flexibility index (Phi) is 4.67. The Morgan fingerprint density at radius 2 is 2.04 bits per heavy atom. The Hall–Kier alpha value is -0.750. The molecule has 0 radical (unpaired) electrons. The number of hydrogen-bond acceptors (Lipinski definition) is 5. The smallest absolute Gasteiger partial charge is 0.330 e. The lowest BCUT2D eigenvalue weighted by Crippen LogP contribution is -2.58. The average molecular weight is 356 g/mol. The molecule has 0 bridgehead atoms. The van der Waals surface area contributed by atoms with Crippen LogP contribution in [0.4, 0.5) is 0 Å². The molecule has 0 unspecified atom stereocenters. The first-order valence-electron chi connectivity index (χ1n) is 8.93. The molecule has 3 rings (SSSR count). The van der Waals surface area contributed by atoms with E-state index < -0.39 is 6.04 Å². The van der Waals surface area contributed by atoms with Gasteiger partial charge < -0.3 is 14.4 Å². The summed E-state index contributed by atoms with van der Waals surface area (Å²) in [7, 11) is 0. The van der Waals surface area contributed by atoms with Crippen LogP contribution >= 0.6 is 11.8 Å². The minimum Gasteiger partial charge on any atom is -0.460 e. The molecule has 1 aliphatic carbocycles. The molecule has 3 aliphatic rings. The first kappa shape index (κ1) is 18.1. The molecule has 0 aromatic carbocycles. The van der Waals surface area contributed by atoms with Crippen molar-refractivity contribution in [2.24, 2.45) is 11.3 Å². The van der Waals surface area contributed by atoms with E-state index >= 15 is 0 Å². The van der Waals surface area contributed by atoms with Gasteiger partial charge in [0, 0.05) is 30.6 Å². The van der Waals surface area contributed by atoms with Gasteiger partial charge in [0.25, 0.3) is 0 Å². The Labute approximate surface area is 148 Å². The van der Waals surface area contributed by atoms with E-state index in [2.05, 4.69) is 34.6 Å². The van der Waals surface area contributed by atoms with Crippen molar-refractivity contribution in [3.05, 3.63) is 0 Å². The molecule has 0 aromatic rings. The molecule has 3 fully saturated rings. The van der Waals surface area contributed by atoms with Crippen molar-refractivity contribution in [1.82, 2.24) is 4.90 Å². The predicted molar refractivity (Wildman–Crippen MR) is 93.6 cm³/mol. The van der Waals surface area contributed by atoms with Crippen LogP contribution in [0.3, 0.4) is 0 Å². The summed E-state index contributed by atoms with van der Waals surface area (Å²) in [6, 6.07) is -0.429. The van der Waals surface area contributed by atoms with Gasteiger partial charge in [0.1, 0.15) is 12.1 Å². The van der Waals surface area contributed by atoms with Gasteiger partial charge in [-0.1, -0.05) is 27.7 Å². The lowest BCUT2D eigenvalue weighted by atomic mass is 9.66. The van der Waals surface area contributed by atoms with E-state index in [9.17, 15) is 9.59 Å². The minimum absolute atomic E-state index is 0.0791. The van der Waals surface area contributed by atoms with Crippen LogP contribution in [0.15, 0.2) is 0 Å². The van der Waals surface area contributed by atoms with Crippen LogP contribution in [0.5, 0.6) is 0 Å². The highest BCUT2D eigenvalue weighted by Crippen LogP contribution is 2.49. The SMILES string of the molecule is CC(C)CO[C@@H]1C[C@H](OC(=O)[C@H]2CS[C@@]3(C)CCC(=O)N23)C1(C)C. The van der Waals surface area contributed by atoms with Crippen molar-refractivity contribution < 1.29 is 19.1 Å². The predicted octanol–water partition coefficient (Wildman–Crippen LogP) is 2.82. The Morgan fingerprint density at radius 3 is 2.67 bits per heavy atom. The zero-order valence-corrected chi connectivity index (χ0v) is 16.1. The molecule has 2 saturated heterocycles. The van der Waals surface area contributed by atoms with E-state index in [1.54, 1.807) is 16.7 Å². The first-order valence-corrected chi connectivity index (χ1v) is 9.92. The van der Waals surface area contributed by atoms with Gasteiger partial charge in [0.2, 0.25) is 5.91 Å². The molecule has 2 heterocycles. The third-order valence-corrected chi connectivity index (χ3v) is 7.20. The number of fused-ring (bicyclic) bond motifs is 1. The molecule has 0 aromatic heterocycles. The molecule has 24 heavy (non-hydrogen) atoms. The highest BCUT2D eigenvalue weighted by Gasteiger charge is 2.56. The molecule has 2 aliphatic heterocycles. The van der Waals surface area contributed by atoms with E-state index in [1.807, 2.05) is 0 Å². The number of amides is 1. The molecular formula is C18H29NO4S. The summed E-state index contributed by atoms with van der Waals surface area (Å²) in [5.41, 5.74) is -0.172. The molecule has 136 valence electrons. The van der Waals surface area contributed by atoms with Gasteiger partial charge in [-0.2, -0.15) is 0 Å². The summed E-state index contributed by atoms with van der Waals surface area (Å²) in [6.45, 7) is 11.2. The maximum Gasteiger partial charge on any atom is 0.330 e. The Bertz CT molecular complexity index is 535. The van der Waals surface area contributed by atoms with Gasteiger partial charge in [0.05, 0.1) is 11.0 Å². The Balaban J connectivity index is 1.57. The second-order valence-electron chi connectivity index (χ2n) is 8.46. The summed E-state index contributed by atoms with van der Waals surface area (Å²) >= 11 is 1.70. The van der Waals surface area contributed by atoms with Gasteiger partial charge in [-0.3, -0.25) is 4.79 Å². The van der Waals surface area contributed by atoms with Crippen LogP contribution in [-0.2, 0) is 19.1 Å². The van der Waals surface area contributed by atoms with Crippen molar-refractivity contribution in [3.63, 3.8) is 0 Å². The second-order valence-corrected chi connectivity index (χ2v) is 9.97. The van der Waals surface area contributed by atoms with Gasteiger partial charge >= 0.3 is 5.97 Å². The summed E-state index contributed by atoms with van der Waals surface area (Å²) in [6.07, 6.45) is 2.11. The lowest BCUT2D eigenvalue weighted by Gasteiger charge is -2.50. The number of hydrogen-bond donors (Lipinski definition) is 0. The molecule has 5 nitrogen and oxygen atoms in total.